The van der Waals surface area contributed by atoms with Crippen molar-refractivity contribution < 1.29 is 18.0 Å². The van der Waals surface area contributed by atoms with Crippen LogP contribution in [0.2, 0.25) is 0 Å². The molecule has 28 heavy (non-hydrogen) atoms. The third-order valence-electron chi connectivity index (χ3n) is 7.06. The van der Waals surface area contributed by atoms with E-state index in [1.807, 2.05) is 6.07 Å². The zero-order valence-electron chi connectivity index (χ0n) is 16.3. The van der Waals surface area contributed by atoms with Gasteiger partial charge in [0.1, 0.15) is 5.41 Å². The number of hydrogen-bond acceptors (Lipinski definition) is 2. The molecule has 0 radical (unpaired) electrons. The quantitative estimate of drug-likeness (QED) is 0.750. The van der Waals surface area contributed by atoms with Gasteiger partial charge < -0.3 is 9.80 Å². The molecule has 0 bridgehead atoms. The minimum absolute atomic E-state index is 0.0335. The number of halogens is 3. The van der Waals surface area contributed by atoms with Gasteiger partial charge >= 0.3 is 6.18 Å². The molecule has 3 aliphatic rings. The Kier molecular flexibility index (Phi) is 5.43. The number of alkyl halides is 3. The number of piperidine rings is 1. The van der Waals surface area contributed by atoms with E-state index >= 15 is 0 Å². The summed E-state index contributed by atoms with van der Waals surface area (Å²) in [6.07, 6.45) is -0.554. The maximum atomic E-state index is 13.2. The summed E-state index contributed by atoms with van der Waals surface area (Å²) in [5, 5.41) is 0. The van der Waals surface area contributed by atoms with Crippen LogP contribution < -0.4 is 0 Å². The van der Waals surface area contributed by atoms with Gasteiger partial charge in [-0.1, -0.05) is 30.3 Å². The normalized spacial score (nSPS) is 25.8. The Bertz CT molecular complexity index is 679. The summed E-state index contributed by atoms with van der Waals surface area (Å²) in [7, 11) is 0. The van der Waals surface area contributed by atoms with E-state index in [1.54, 1.807) is 0 Å². The molecule has 2 saturated heterocycles. The zero-order chi connectivity index (χ0) is 19.8. The van der Waals surface area contributed by atoms with Crippen LogP contribution in [0.25, 0.3) is 0 Å². The highest BCUT2D eigenvalue weighted by atomic mass is 19.4. The van der Waals surface area contributed by atoms with Crippen molar-refractivity contribution >= 4 is 5.91 Å². The summed E-state index contributed by atoms with van der Waals surface area (Å²) >= 11 is 0. The van der Waals surface area contributed by atoms with Crippen molar-refractivity contribution in [1.82, 2.24) is 9.80 Å². The Morgan fingerprint density at radius 1 is 1.00 bits per heavy atom. The van der Waals surface area contributed by atoms with Crippen LogP contribution >= 0.6 is 0 Å². The summed E-state index contributed by atoms with van der Waals surface area (Å²) in [5.41, 5.74) is -0.696. The fourth-order valence-corrected chi connectivity index (χ4v) is 5.00. The minimum Gasteiger partial charge on any atom is -0.342 e. The fraction of sp³-hybridized carbons (Fsp3) is 0.682. The van der Waals surface area contributed by atoms with Gasteiger partial charge in [-0.15, -0.1) is 0 Å². The van der Waals surface area contributed by atoms with Gasteiger partial charge in [-0.05, 0) is 62.5 Å². The van der Waals surface area contributed by atoms with E-state index in [4.69, 9.17) is 0 Å². The van der Waals surface area contributed by atoms with Gasteiger partial charge in [0, 0.05) is 26.2 Å². The van der Waals surface area contributed by atoms with E-state index in [2.05, 4.69) is 29.2 Å². The van der Waals surface area contributed by atoms with Crippen LogP contribution in [0.5, 0.6) is 0 Å². The average molecular weight is 394 g/mol. The number of amides is 1. The van der Waals surface area contributed by atoms with Gasteiger partial charge in [-0.3, -0.25) is 4.79 Å². The predicted octanol–water partition coefficient (Wildman–Crippen LogP) is 4.13. The lowest BCUT2D eigenvalue weighted by Crippen LogP contribution is -2.48. The highest BCUT2D eigenvalue weighted by Gasteiger charge is 2.69. The van der Waals surface area contributed by atoms with Crippen molar-refractivity contribution in [3.05, 3.63) is 35.9 Å². The molecule has 3 nitrogen and oxygen atoms in total. The molecular formula is C22H29F3N2O. The summed E-state index contributed by atoms with van der Waals surface area (Å²) in [6.45, 7) is 4.22. The third-order valence-corrected chi connectivity index (χ3v) is 7.06. The van der Waals surface area contributed by atoms with Crippen LogP contribution in [0, 0.1) is 17.3 Å². The molecule has 2 heterocycles. The molecule has 4 rings (SSSR count). The van der Waals surface area contributed by atoms with Crippen molar-refractivity contribution in [1.29, 1.82) is 0 Å². The standard InChI is InChI=1S/C22H29F3N2O/c23-22(24,25)21(10-11-21)20(28)27-14-8-18(9-15-27)19-7-13-26(16-19)12-6-17-4-2-1-3-5-17/h1-5,18-19H,6-16H2. The van der Waals surface area contributed by atoms with Crippen LogP contribution in [0.15, 0.2) is 30.3 Å². The monoisotopic (exact) mass is 394 g/mol. The lowest BCUT2D eigenvalue weighted by atomic mass is 9.83. The Morgan fingerprint density at radius 2 is 1.64 bits per heavy atom. The van der Waals surface area contributed by atoms with Crippen LogP contribution in [-0.4, -0.2) is 54.6 Å². The minimum atomic E-state index is -4.40. The molecule has 1 aromatic carbocycles. The molecule has 154 valence electrons. The van der Waals surface area contributed by atoms with E-state index in [9.17, 15) is 18.0 Å². The van der Waals surface area contributed by atoms with Crippen molar-refractivity contribution in [3.63, 3.8) is 0 Å². The van der Waals surface area contributed by atoms with Gasteiger partial charge in [0.05, 0.1) is 0 Å². The molecular weight excluding hydrogens is 365 g/mol. The largest absolute Gasteiger partial charge is 0.403 e. The number of hydrogen-bond donors (Lipinski definition) is 0. The Labute approximate surface area is 164 Å². The lowest BCUT2D eigenvalue weighted by Gasteiger charge is -2.37. The smallest absolute Gasteiger partial charge is 0.342 e. The Balaban J connectivity index is 1.23. The van der Waals surface area contributed by atoms with E-state index in [0.29, 0.717) is 24.9 Å². The Hall–Kier alpha value is -1.56. The first-order chi connectivity index (χ1) is 13.4. The molecule has 6 heteroatoms. The molecule has 3 fully saturated rings. The van der Waals surface area contributed by atoms with Crippen LogP contribution in [0.4, 0.5) is 13.2 Å². The highest BCUT2D eigenvalue weighted by molar-refractivity contribution is 5.86. The molecule has 1 unspecified atom stereocenters. The van der Waals surface area contributed by atoms with E-state index in [-0.39, 0.29) is 12.8 Å². The van der Waals surface area contributed by atoms with Crippen LogP contribution in [0.1, 0.15) is 37.7 Å². The highest BCUT2D eigenvalue weighted by Crippen LogP contribution is 2.58. The molecule has 0 spiro atoms. The second-order valence-electron chi connectivity index (χ2n) is 8.79. The summed E-state index contributed by atoms with van der Waals surface area (Å²) < 4.78 is 39.6. The first kappa shape index (κ1) is 19.7. The van der Waals surface area contributed by atoms with Crippen LogP contribution in [-0.2, 0) is 11.2 Å². The summed E-state index contributed by atoms with van der Waals surface area (Å²) in [4.78, 5) is 16.4. The summed E-state index contributed by atoms with van der Waals surface area (Å²) in [5.74, 6) is 0.478. The first-order valence-electron chi connectivity index (χ1n) is 10.5. The van der Waals surface area contributed by atoms with Gasteiger partial charge in [0.15, 0.2) is 0 Å². The fourth-order valence-electron chi connectivity index (χ4n) is 5.00. The number of carbonyl (C=O) groups is 1. The molecule has 0 aromatic heterocycles. The second kappa shape index (κ2) is 7.69. The summed E-state index contributed by atoms with van der Waals surface area (Å²) in [6, 6.07) is 10.5. The number of rotatable bonds is 5. The number of nitrogens with zero attached hydrogens (tertiary/aromatic N) is 2. The Morgan fingerprint density at radius 3 is 2.25 bits per heavy atom. The van der Waals surface area contributed by atoms with E-state index in [0.717, 1.165) is 38.9 Å². The number of carbonyl (C=O) groups excluding carboxylic acids is 1. The van der Waals surface area contributed by atoms with Gasteiger partial charge in [0.2, 0.25) is 5.91 Å². The van der Waals surface area contributed by atoms with Crippen molar-refractivity contribution in [2.24, 2.45) is 17.3 Å². The molecule has 1 amide bonds. The van der Waals surface area contributed by atoms with Crippen molar-refractivity contribution in [3.8, 4) is 0 Å². The molecule has 2 aliphatic heterocycles. The van der Waals surface area contributed by atoms with Gasteiger partial charge in [-0.25, -0.2) is 0 Å². The van der Waals surface area contributed by atoms with E-state index in [1.165, 1.54) is 16.9 Å². The third kappa shape index (κ3) is 3.93. The van der Waals surface area contributed by atoms with Gasteiger partial charge in [-0.2, -0.15) is 13.2 Å². The number of likely N-dealkylation sites (tertiary alicyclic amines) is 2. The molecule has 1 saturated carbocycles. The van der Waals surface area contributed by atoms with E-state index < -0.39 is 17.5 Å². The lowest BCUT2D eigenvalue weighted by molar-refractivity contribution is -0.199. The maximum absolute atomic E-state index is 13.2. The van der Waals surface area contributed by atoms with Crippen molar-refractivity contribution in [2.75, 3.05) is 32.7 Å². The maximum Gasteiger partial charge on any atom is 0.403 e. The van der Waals surface area contributed by atoms with Gasteiger partial charge in [0.25, 0.3) is 0 Å². The van der Waals surface area contributed by atoms with Crippen molar-refractivity contribution in [2.45, 2.75) is 44.7 Å². The zero-order valence-corrected chi connectivity index (χ0v) is 16.3. The predicted molar refractivity (Wildman–Crippen MR) is 102 cm³/mol. The molecule has 1 atom stereocenters. The second-order valence-corrected chi connectivity index (χ2v) is 8.79. The molecule has 1 aromatic rings. The van der Waals surface area contributed by atoms with Crippen LogP contribution in [0.3, 0.4) is 0 Å². The topological polar surface area (TPSA) is 23.6 Å². The first-order valence-corrected chi connectivity index (χ1v) is 10.5. The molecule has 1 aliphatic carbocycles. The average Bonchev–Trinajstić information content (AvgIpc) is 3.40. The number of benzene rings is 1. The SMILES string of the molecule is O=C(N1CCC(C2CCN(CCc3ccccc3)C2)CC1)C1(C(F)(F)F)CC1. The molecule has 0 N–H and O–H groups in total.